The monoisotopic (exact) mass is 166 g/mol. The Morgan fingerprint density at radius 3 is 2.91 bits per heavy atom. The van der Waals surface area contributed by atoms with E-state index < -0.39 is 0 Å². The van der Waals surface area contributed by atoms with Crippen molar-refractivity contribution in [2.24, 2.45) is 0 Å². The molecule has 0 heterocycles. The van der Waals surface area contributed by atoms with Crippen LogP contribution in [0, 0.1) is 6.92 Å². The molecule has 0 unspecified atom stereocenters. The van der Waals surface area contributed by atoms with Crippen molar-refractivity contribution in [1.29, 1.82) is 0 Å². The van der Waals surface area contributed by atoms with Crippen molar-refractivity contribution < 1.29 is 0 Å². The van der Waals surface area contributed by atoms with Crippen LogP contribution in [0.3, 0.4) is 0 Å². The fourth-order valence-corrected chi connectivity index (χ4v) is 2.02. The number of benzene rings is 1. The maximum absolute atomic E-state index is 6.14. The number of hydrogen-bond donors (Lipinski definition) is 0. The summed E-state index contributed by atoms with van der Waals surface area (Å²) in [5, 5.41) is 1.00. The summed E-state index contributed by atoms with van der Waals surface area (Å²) in [6.07, 6.45) is 3.67. The van der Waals surface area contributed by atoms with E-state index in [1.165, 1.54) is 36.0 Å². The van der Waals surface area contributed by atoms with E-state index in [-0.39, 0.29) is 0 Å². The fourth-order valence-electron chi connectivity index (χ4n) is 1.74. The minimum absolute atomic E-state index is 1.00. The molecule has 1 aromatic rings. The maximum atomic E-state index is 6.14. The van der Waals surface area contributed by atoms with Crippen LogP contribution in [0.2, 0.25) is 5.02 Å². The predicted octanol–water partition coefficient (Wildman–Crippen LogP) is 3.14. The van der Waals surface area contributed by atoms with E-state index in [2.05, 4.69) is 19.1 Å². The van der Waals surface area contributed by atoms with Crippen molar-refractivity contribution in [2.75, 3.05) is 0 Å². The number of hydrogen-bond acceptors (Lipinski definition) is 0. The molecule has 0 aliphatic heterocycles. The molecule has 0 amide bonds. The zero-order chi connectivity index (χ0) is 7.84. The van der Waals surface area contributed by atoms with Crippen molar-refractivity contribution in [2.45, 2.75) is 26.2 Å². The number of fused-ring (bicyclic) bond motifs is 1. The van der Waals surface area contributed by atoms with Gasteiger partial charge in [0.25, 0.3) is 0 Å². The van der Waals surface area contributed by atoms with Gasteiger partial charge in [0.1, 0.15) is 0 Å². The summed E-state index contributed by atoms with van der Waals surface area (Å²) in [5.74, 6) is 0. The molecule has 11 heavy (non-hydrogen) atoms. The minimum Gasteiger partial charge on any atom is -0.0837 e. The first-order chi connectivity index (χ1) is 5.29. The lowest BCUT2D eigenvalue weighted by atomic mass is 10.1. The zero-order valence-electron chi connectivity index (χ0n) is 6.65. The van der Waals surface area contributed by atoms with Gasteiger partial charge >= 0.3 is 0 Å². The van der Waals surface area contributed by atoms with Crippen LogP contribution in [0.15, 0.2) is 12.1 Å². The summed E-state index contributed by atoms with van der Waals surface area (Å²) in [5.41, 5.74) is 4.07. The van der Waals surface area contributed by atoms with Gasteiger partial charge < -0.3 is 0 Å². The van der Waals surface area contributed by atoms with E-state index in [4.69, 9.17) is 11.6 Å². The summed E-state index contributed by atoms with van der Waals surface area (Å²) < 4.78 is 0. The molecular formula is C10H11Cl. The summed E-state index contributed by atoms with van der Waals surface area (Å²) >= 11 is 6.14. The quantitative estimate of drug-likeness (QED) is 0.556. The van der Waals surface area contributed by atoms with Crippen molar-refractivity contribution in [1.82, 2.24) is 0 Å². The van der Waals surface area contributed by atoms with Gasteiger partial charge in [0, 0.05) is 5.02 Å². The Labute approximate surface area is 72.2 Å². The zero-order valence-corrected chi connectivity index (χ0v) is 7.41. The molecule has 0 atom stereocenters. The molecule has 1 aliphatic rings. The molecule has 0 bridgehead atoms. The summed E-state index contributed by atoms with van der Waals surface area (Å²) in [6.45, 7) is 2.07. The van der Waals surface area contributed by atoms with Crippen molar-refractivity contribution >= 4 is 11.6 Å². The average Bonchev–Trinajstić information content (AvgIpc) is 2.45. The second kappa shape index (κ2) is 2.53. The van der Waals surface area contributed by atoms with Crippen LogP contribution in [0.25, 0.3) is 0 Å². The number of rotatable bonds is 0. The van der Waals surface area contributed by atoms with Crippen LogP contribution in [0.5, 0.6) is 0 Å². The van der Waals surface area contributed by atoms with Crippen LogP contribution in [-0.2, 0) is 12.8 Å². The highest BCUT2D eigenvalue weighted by Crippen LogP contribution is 2.30. The molecule has 0 fully saturated rings. The summed E-state index contributed by atoms with van der Waals surface area (Å²) in [4.78, 5) is 0. The maximum Gasteiger partial charge on any atom is 0.0469 e. The third kappa shape index (κ3) is 1.06. The van der Waals surface area contributed by atoms with Gasteiger partial charge in [-0.15, -0.1) is 0 Å². The van der Waals surface area contributed by atoms with E-state index in [9.17, 15) is 0 Å². The summed E-state index contributed by atoms with van der Waals surface area (Å²) in [6, 6.07) is 4.33. The second-order valence-corrected chi connectivity index (χ2v) is 3.57. The first kappa shape index (κ1) is 7.17. The fraction of sp³-hybridized carbons (Fsp3) is 0.400. The normalized spacial score (nSPS) is 15.1. The smallest absolute Gasteiger partial charge is 0.0469 e. The van der Waals surface area contributed by atoms with Crippen molar-refractivity contribution in [3.8, 4) is 0 Å². The van der Waals surface area contributed by atoms with Gasteiger partial charge in [0.2, 0.25) is 0 Å². The Bertz CT molecular complexity index is 289. The van der Waals surface area contributed by atoms with Gasteiger partial charge in [-0.05, 0) is 42.9 Å². The Morgan fingerprint density at radius 1 is 1.27 bits per heavy atom. The van der Waals surface area contributed by atoms with Crippen LogP contribution in [0.1, 0.15) is 23.1 Å². The van der Waals surface area contributed by atoms with Crippen LogP contribution in [0.4, 0.5) is 0 Å². The molecule has 0 aromatic heterocycles. The first-order valence-corrected chi connectivity index (χ1v) is 4.43. The van der Waals surface area contributed by atoms with Crippen LogP contribution in [-0.4, -0.2) is 0 Å². The molecule has 0 N–H and O–H groups in total. The van der Waals surface area contributed by atoms with E-state index in [1.807, 2.05) is 0 Å². The van der Waals surface area contributed by atoms with Crippen molar-refractivity contribution in [3.63, 3.8) is 0 Å². The van der Waals surface area contributed by atoms with E-state index >= 15 is 0 Å². The largest absolute Gasteiger partial charge is 0.0837 e. The van der Waals surface area contributed by atoms with E-state index in [0.29, 0.717) is 0 Å². The molecule has 0 nitrogen and oxygen atoms in total. The average molecular weight is 167 g/mol. The Morgan fingerprint density at radius 2 is 2.09 bits per heavy atom. The SMILES string of the molecule is Cc1ccc2c(c1Cl)CCC2. The molecule has 2 rings (SSSR count). The second-order valence-electron chi connectivity index (χ2n) is 3.19. The van der Waals surface area contributed by atoms with Gasteiger partial charge in [-0.25, -0.2) is 0 Å². The molecule has 0 saturated carbocycles. The molecule has 0 radical (unpaired) electrons. The minimum atomic E-state index is 1.00. The van der Waals surface area contributed by atoms with E-state index in [1.54, 1.807) is 0 Å². The van der Waals surface area contributed by atoms with Gasteiger partial charge in [0.05, 0.1) is 0 Å². The van der Waals surface area contributed by atoms with Gasteiger partial charge in [0.15, 0.2) is 0 Å². The molecule has 1 aromatic carbocycles. The molecular weight excluding hydrogens is 156 g/mol. The number of halogens is 1. The molecule has 0 spiro atoms. The van der Waals surface area contributed by atoms with Crippen LogP contribution >= 0.6 is 11.6 Å². The highest BCUT2D eigenvalue weighted by molar-refractivity contribution is 6.32. The standard InChI is InChI=1S/C10H11Cl/c1-7-5-6-8-3-2-4-9(8)10(7)11/h5-6H,2-4H2,1H3. The summed E-state index contributed by atoms with van der Waals surface area (Å²) in [7, 11) is 0. The molecule has 58 valence electrons. The van der Waals surface area contributed by atoms with Crippen LogP contribution < -0.4 is 0 Å². The van der Waals surface area contributed by atoms with Gasteiger partial charge in [-0.2, -0.15) is 0 Å². The lowest BCUT2D eigenvalue weighted by molar-refractivity contribution is 0.911. The Balaban J connectivity index is 2.62. The van der Waals surface area contributed by atoms with Gasteiger partial charge in [-0.1, -0.05) is 23.7 Å². The third-order valence-electron chi connectivity index (χ3n) is 2.41. The Hall–Kier alpha value is -0.490. The third-order valence-corrected chi connectivity index (χ3v) is 2.93. The van der Waals surface area contributed by atoms with Gasteiger partial charge in [-0.3, -0.25) is 0 Å². The topological polar surface area (TPSA) is 0 Å². The Kier molecular flexibility index (Phi) is 1.65. The highest BCUT2D eigenvalue weighted by Gasteiger charge is 2.14. The highest BCUT2D eigenvalue weighted by atomic mass is 35.5. The van der Waals surface area contributed by atoms with Crippen molar-refractivity contribution in [3.05, 3.63) is 33.8 Å². The first-order valence-electron chi connectivity index (χ1n) is 4.06. The number of aryl methyl sites for hydroxylation is 2. The molecule has 1 aliphatic carbocycles. The predicted molar refractivity (Wildman–Crippen MR) is 48.2 cm³/mol. The van der Waals surface area contributed by atoms with E-state index in [0.717, 1.165) is 5.02 Å². The lowest BCUT2D eigenvalue weighted by Gasteiger charge is -2.03. The lowest BCUT2D eigenvalue weighted by Crippen LogP contribution is -1.85. The molecule has 0 saturated heterocycles. The molecule has 1 heteroatoms.